The summed E-state index contributed by atoms with van der Waals surface area (Å²) in [5, 5.41) is 21.0. The van der Waals surface area contributed by atoms with Crippen LogP contribution in [0.4, 0.5) is 0 Å². The number of fused-ring (bicyclic) bond motifs is 1. The molecule has 2 aliphatic rings. The molecule has 0 aliphatic carbocycles. The zero-order valence-electron chi connectivity index (χ0n) is 11.9. The molecule has 122 valence electrons. The van der Waals surface area contributed by atoms with Crippen molar-refractivity contribution in [3.63, 3.8) is 0 Å². The zero-order chi connectivity index (χ0) is 15.5. The Hall–Kier alpha value is -0.540. The van der Waals surface area contributed by atoms with Crippen LogP contribution in [0.2, 0.25) is 0 Å². The molecule has 0 aromatic heterocycles. The summed E-state index contributed by atoms with van der Waals surface area (Å²) in [5.41, 5.74) is 0.861. The molecule has 0 radical (unpaired) electrons. The minimum atomic E-state index is -1.16. The van der Waals surface area contributed by atoms with Gasteiger partial charge in [-0.3, -0.25) is 0 Å². The molecular weight excluding hydrogens is 356 g/mol. The first kappa shape index (κ1) is 16.3. The van der Waals surface area contributed by atoms with Crippen LogP contribution in [-0.2, 0) is 18.9 Å². The van der Waals surface area contributed by atoms with Gasteiger partial charge in [-0.05, 0) is 0 Å². The van der Waals surface area contributed by atoms with E-state index in [2.05, 4.69) is 15.9 Å². The van der Waals surface area contributed by atoms with Crippen LogP contribution >= 0.6 is 15.9 Å². The van der Waals surface area contributed by atoms with Gasteiger partial charge >= 0.3 is 0 Å². The highest BCUT2D eigenvalue weighted by Gasteiger charge is 2.49. The molecule has 1 unspecified atom stereocenters. The largest absolute Gasteiger partial charge is 0.387 e. The van der Waals surface area contributed by atoms with Crippen molar-refractivity contribution in [2.75, 3.05) is 18.5 Å². The summed E-state index contributed by atoms with van der Waals surface area (Å²) >= 11 is 3.24. The van der Waals surface area contributed by atoms with E-state index >= 15 is 0 Å². The summed E-state index contributed by atoms with van der Waals surface area (Å²) in [7, 11) is 0. The maximum Gasteiger partial charge on any atom is 0.186 e. The molecule has 6 atom stereocenters. The number of rotatable bonds is 4. The van der Waals surface area contributed by atoms with E-state index in [1.54, 1.807) is 0 Å². The van der Waals surface area contributed by atoms with Crippen molar-refractivity contribution in [1.82, 2.24) is 0 Å². The number of ether oxygens (including phenoxy) is 4. The van der Waals surface area contributed by atoms with E-state index in [1.165, 1.54) is 0 Å². The Morgan fingerprint density at radius 2 is 1.91 bits per heavy atom. The summed E-state index contributed by atoms with van der Waals surface area (Å²) < 4.78 is 22.5. The molecule has 3 rings (SSSR count). The second-order valence-corrected chi connectivity index (χ2v) is 6.05. The molecule has 2 aliphatic heterocycles. The average molecular weight is 375 g/mol. The van der Waals surface area contributed by atoms with Crippen molar-refractivity contribution in [1.29, 1.82) is 0 Å². The van der Waals surface area contributed by atoms with Crippen LogP contribution in [0.15, 0.2) is 30.3 Å². The van der Waals surface area contributed by atoms with E-state index in [1.807, 2.05) is 30.3 Å². The fourth-order valence-electron chi connectivity index (χ4n) is 2.66. The number of aliphatic hydroxyl groups is 2. The van der Waals surface area contributed by atoms with E-state index in [0.29, 0.717) is 11.9 Å². The first-order valence-corrected chi connectivity index (χ1v) is 8.34. The number of alkyl halides is 1. The monoisotopic (exact) mass is 374 g/mol. The quantitative estimate of drug-likeness (QED) is 0.764. The maximum atomic E-state index is 10.3. The van der Waals surface area contributed by atoms with Gasteiger partial charge in [-0.1, -0.05) is 46.3 Å². The summed E-state index contributed by atoms with van der Waals surface area (Å²) in [4.78, 5) is 0. The normalized spacial score (nSPS) is 38.5. The van der Waals surface area contributed by atoms with Crippen LogP contribution in [0.1, 0.15) is 11.9 Å². The van der Waals surface area contributed by atoms with Gasteiger partial charge in [0, 0.05) is 10.9 Å². The lowest BCUT2D eigenvalue weighted by molar-refractivity contribution is -0.360. The number of aliphatic hydroxyl groups excluding tert-OH is 2. The van der Waals surface area contributed by atoms with Crippen molar-refractivity contribution in [2.24, 2.45) is 0 Å². The molecule has 0 spiro atoms. The number of benzene rings is 1. The topological polar surface area (TPSA) is 77.4 Å². The Morgan fingerprint density at radius 3 is 2.64 bits per heavy atom. The van der Waals surface area contributed by atoms with Gasteiger partial charge in [-0.25, -0.2) is 0 Å². The summed E-state index contributed by atoms with van der Waals surface area (Å²) in [6, 6.07) is 9.46. The third kappa shape index (κ3) is 3.35. The van der Waals surface area contributed by atoms with Gasteiger partial charge < -0.3 is 29.2 Å². The van der Waals surface area contributed by atoms with Crippen molar-refractivity contribution < 1.29 is 29.2 Å². The van der Waals surface area contributed by atoms with Gasteiger partial charge in [-0.15, -0.1) is 0 Å². The number of hydrogen-bond acceptors (Lipinski definition) is 6. The first-order valence-electron chi connectivity index (χ1n) is 7.22. The van der Waals surface area contributed by atoms with E-state index in [9.17, 15) is 10.2 Å². The molecule has 2 heterocycles. The van der Waals surface area contributed by atoms with Gasteiger partial charge in [-0.2, -0.15) is 0 Å². The van der Waals surface area contributed by atoms with Crippen LogP contribution in [0.3, 0.4) is 0 Å². The highest BCUT2D eigenvalue weighted by atomic mass is 79.9. The molecule has 1 aromatic rings. The third-order valence-electron chi connectivity index (χ3n) is 3.76. The minimum Gasteiger partial charge on any atom is -0.387 e. The Bertz CT molecular complexity index is 470. The highest BCUT2D eigenvalue weighted by Crippen LogP contribution is 2.34. The van der Waals surface area contributed by atoms with E-state index in [0.717, 1.165) is 5.56 Å². The summed E-state index contributed by atoms with van der Waals surface area (Å²) in [6.45, 7) is 0.641. The Morgan fingerprint density at radius 1 is 1.14 bits per heavy atom. The lowest BCUT2D eigenvalue weighted by atomic mass is 9.98. The standard InChI is InChI=1S/C15H19BrO6/c16-6-7-19-15-12(18)11(17)13-10(21-15)8-20-14(22-13)9-4-2-1-3-5-9/h1-5,10-15,17-18H,6-8H2/t10-,11-,12-,13-,14?,15+/m1/s1. The van der Waals surface area contributed by atoms with Gasteiger partial charge in [0.15, 0.2) is 12.6 Å². The smallest absolute Gasteiger partial charge is 0.186 e. The molecule has 2 fully saturated rings. The molecule has 0 amide bonds. The lowest BCUT2D eigenvalue weighted by Crippen LogP contribution is -2.62. The van der Waals surface area contributed by atoms with Crippen LogP contribution in [0.25, 0.3) is 0 Å². The van der Waals surface area contributed by atoms with Gasteiger partial charge in [0.25, 0.3) is 0 Å². The molecule has 6 nitrogen and oxygen atoms in total. The Labute approximate surface area is 137 Å². The summed E-state index contributed by atoms with van der Waals surface area (Å²) in [6.07, 6.45) is -4.83. The minimum absolute atomic E-state index is 0.266. The van der Waals surface area contributed by atoms with Crippen LogP contribution in [0.5, 0.6) is 0 Å². The fourth-order valence-corrected chi connectivity index (χ4v) is 2.84. The molecular formula is C15H19BrO6. The SMILES string of the molecule is O[C@@H]1[C@@H](O)[C@@H](OCCBr)O[C@@H]2COC(c3ccccc3)O[C@@H]12. The van der Waals surface area contributed by atoms with Gasteiger partial charge in [0.1, 0.15) is 24.4 Å². The second kappa shape index (κ2) is 7.35. The molecule has 1 aromatic carbocycles. The Balaban J connectivity index is 1.67. The highest BCUT2D eigenvalue weighted by molar-refractivity contribution is 9.09. The number of hydrogen-bond donors (Lipinski definition) is 2. The molecule has 2 N–H and O–H groups in total. The predicted molar refractivity (Wildman–Crippen MR) is 80.4 cm³/mol. The third-order valence-corrected chi connectivity index (χ3v) is 4.09. The first-order chi connectivity index (χ1) is 10.7. The van der Waals surface area contributed by atoms with E-state index in [4.69, 9.17) is 18.9 Å². The van der Waals surface area contributed by atoms with Gasteiger partial charge in [0.2, 0.25) is 0 Å². The van der Waals surface area contributed by atoms with E-state index < -0.39 is 37.0 Å². The number of halogens is 1. The fraction of sp³-hybridized carbons (Fsp3) is 0.600. The summed E-state index contributed by atoms with van der Waals surface area (Å²) in [5.74, 6) is 0. The van der Waals surface area contributed by atoms with Gasteiger partial charge in [0.05, 0.1) is 13.2 Å². The maximum absolute atomic E-state index is 10.3. The second-order valence-electron chi connectivity index (χ2n) is 5.26. The van der Waals surface area contributed by atoms with Crippen molar-refractivity contribution in [2.45, 2.75) is 37.0 Å². The van der Waals surface area contributed by atoms with Crippen molar-refractivity contribution >= 4 is 15.9 Å². The van der Waals surface area contributed by atoms with Crippen molar-refractivity contribution in [3.05, 3.63) is 35.9 Å². The van der Waals surface area contributed by atoms with E-state index in [-0.39, 0.29) is 6.61 Å². The van der Waals surface area contributed by atoms with Crippen LogP contribution in [0, 0.1) is 0 Å². The lowest BCUT2D eigenvalue weighted by Gasteiger charge is -2.46. The van der Waals surface area contributed by atoms with Crippen LogP contribution < -0.4 is 0 Å². The Kier molecular flexibility index (Phi) is 5.46. The molecule has 2 saturated heterocycles. The zero-order valence-corrected chi connectivity index (χ0v) is 13.5. The van der Waals surface area contributed by atoms with Crippen LogP contribution in [-0.4, -0.2) is 59.5 Å². The molecule has 22 heavy (non-hydrogen) atoms. The van der Waals surface area contributed by atoms with Crippen molar-refractivity contribution in [3.8, 4) is 0 Å². The predicted octanol–water partition coefficient (Wildman–Crippen LogP) is 0.959. The average Bonchev–Trinajstić information content (AvgIpc) is 2.57. The molecule has 0 saturated carbocycles. The molecule has 0 bridgehead atoms. The molecule has 7 heteroatoms.